The average Bonchev–Trinajstić information content (AvgIpc) is 2.29. The van der Waals surface area contributed by atoms with Crippen LogP contribution in [0, 0.1) is 0 Å². The van der Waals surface area contributed by atoms with Gasteiger partial charge in [-0.25, -0.2) is 0 Å². The highest BCUT2D eigenvalue weighted by molar-refractivity contribution is 7.09. The lowest BCUT2D eigenvalue weighted by atomic mass is 9.91. The SMILES string of the molecule is CC(C)(C)c1[nH]c(=O)sc1CN. The molecule has 0 atom stereocenters. The second kappa shape index (κ2) is 3.03. The van der Waals surface area contributed by atoms with Gasteiger partial charge in [-0.1, -0.05) is 32.1 Å². The first-order valence-electron chi connectivity index (χ1n) is 3.87. The number of hydrogen-bond donors (Lipinski definition) is 2. The molecule has 0 aromatic carbocycles. The molecule has 4 heteroatoms. The Labute approximate surface area is 75.6 Å². The molecule has 0 aliphatic rings. The maximum Gasteiger partial charge on any atom is 0.305 e. The van der Waals surface area contributed by atoms with Crippen LogP contribution < -0.4 is 10.6 Å². The molecule has 0 radical (unpaired) electrons. The highest BCUT2D eigenvalue weighted by atomic mass is 32.1. The number of H-pyrrole nitrogens is 1. The van der Waals surface area contributed by atoms with Gasteiger partial charge in [-0.15, -0.1) is 0 Å². The van der Waals surface area contributed by atoms with Crippen molar-refractivity contribution in [3.8, 4) is 0 Å². The summed E-state index contributed by atoms with van der Waals surface area (Å²) in [5.74, 6) is 0. The van der Waals surface area contributed by atoms with E-state index in [1.165, 1.54) is 11.3 Å². The van der Waals surface area contributed by atoms with E-state index in [0.717, 1.165) is 10.6 Å². The van der Waals surface area contributed by atoms with Crippen molar-refractivity contribution in [2.75, 3.05) is 0 Å². The molecule has 3 nitrogen and oxygen atoms in total. The summed E-state index contributed by atoms with van der Waals surface area (Å²) in [4.78, 5) is 14.8. The Balaban J connectivity index is 3.23. The lowest BCUT2D eigenvalue weighted by molar-refractivity contribution is 0.565. The fourth-order valence-electron chi connectivity index (χ4n) is 1.11. The minimum absolute atomic E-state index is 0.0135. The molecule has 68 valence electrons. The molecule has 1 aromatic heterocycles. The molecule has 0 bridgehead atoms. The van der Waals surface area contributed by atoms with E-state index in [4.69, 9.17) is 5.73 Å². The van der Waals surface area contributed by atoms with Gasteiger partial charge in [-0.05, 0) is 0 Å². The van der Waals surface area contributed by atoms with Gasteiger partial charge in [0.25, 0.3) is 0 Å². The monoisotopic (exact) mass is 186 g/mol. The van der Waals surface area contributed by atoms with Gasteiger partial charge in [0.05, 0.1) is 0 Å². The number of nitrogens with one attached hydrogen (secondary N) is 1. The van der Waals surface area contributed by atoms with Gasteiger partial charge in [0.2, 0.25) is 0 Å². The number of rotatable bonds is 1. The molecule has 0 aliphatic heterocycles. The number of hydrogen-bond acceptors (Lipinski definition) is 3. The van der Waals surface area contributed by atoms with Crippen LogP contribution in [0.15, 0.2) is 4.79 Å². The molecule has 3 N–H and O–H groups in total. The Kier molecular flexibility index (Phi) is 2.39. The van der Waals surface area contributed by atoms with Gasteiger partial charge in [0.15, 0.2) is 0 Å². The van der Waals surface area contributed by atoms with E-state index in [1.807, 2.05) is 0 Å². The maximum atomic E-state index is 11.0. The summed E-state index contributed by atoms with van der Waals surface area (Å²) >= 11 is 1.21. The summed E-state index contributed by atoms with van der Waals surface area (Å²) < 4.78 is 0. The molecule has 0 spiro atoms. The molecule has 0 amide bonds. The number of aromatic nitrogens is 1. The van der Waals surface area contributed by atoms with Crippen molar-refractivity contribution >= 4 is 11.3 Å². The van der Waals surface area contributed by atoms with Gasteiger partial charge >= 0.3 is 4.87 Å². The summed E-state index contributed by atoms with van der Waals surface area (Å²) in [5, 5.41) is 0. The van der Waals surface area contributed by atoms with Crippen LogP contribution in [0.2, 0.25) is 0 Å². The Morgan fingerprint density at radius 2 is 2.08 bits per heavy atom. The summed E-state index contributed by atoms with van der Waals surface area (Å²) in [7, 11) is 0. The van der Waals surface area contributed by atoms with Gasteiger partial charge in [-0.3, -0.25) is 4.79 Å². The summed E-state index contributed by atoms with van der Waals surface area (Å²) in [6.07, 6.45) is 0. The first kappa shape index (κ1) is 9.48. The number of aromatic amines is 1. The normalized spacial score (nSPS) is 12.0. The highest BCUT2D eigenvalue weighted by Crippen LogP contribution is 2.24. The number of thiazole rings is 1. The Morgan fingerprint density at radius 1 is 1.50 bits per heavy atom. The highest BCUT2D eigenvalue weighted by Gasteiger charge is 2.20. The molecule has 0 saturated carbocycles. The minimum Gasteiger partial charge on any atom is -0.326 e. The van der Waals surface area contributed by atoms with Crippen molar-refractivity contribution < 1.29 is 0 Å². The van der Waals surface area contributed by atoms with E-state index in [-0.39, 0.29) is 10.3 Å². The van der Waals surface area contributed by atoms with Crippen molar-refractivity contribution in [3.05, 3.63) is 20.2 Å². The van der Waals surface area contributed by atoms with Crippen LogP contribution in [-0.2, 0) is 12.0 Å². The van der Waals surface area contributed by atoms with Gasteiger partial charge in [0, 0.05) is 22.5 Å². The fourth-order valence-corrected chi connectivity index (χ4v) is 2.03. The lowest BCUT2D eigenvalue weighted by Crippen LogP contribution is -2.16. The predicted molar refractivity (Wildman–Crippen MR) is 51.5 cm³/mol. The topological polar surface area (TPSA) is 58.9 Å². The molecule has 0 aliphatic carbocycles. The van der Waals surface area contributed by atoms with Crippen molar-refractivity contribution in [2.24, 2.45) is 5.73 Å². The van der Waals surface area contributed by atoms with Crippen LogP contribution in [0.3, 0.4) is 0 Å². The smallest absolute Gasteiger partial charge is 0.305 e. The minimum atomic E-state index is -0.0200. The molecular formula is C8H14N2OS. The molecule has 0 saturated heterocycles. The summed E-state index contributed by atoms with van der Waals surface area (Å²) in [5.41, 5.74) is 6.46. The van der Waals surface area contributed by atoms with E-state index in [2.05, 4.69) is 25.8 Å². The van der Waals surface area contributed by atoms with Gasteiger partial charge in [0.1, 0.15) is 0 Å². The molecule has 1 rings (SSSR count). The van der Waals surface area contributed by atoms with Gasteiger partial charge in [-0.2, -0.15) is 0 Å². The molecule has 1 heterocycles. The Morgan fingerprint density at radius 3 is 2.42 bits per heavy atom. The molecule has 12 heavy (non-hydrogen) atoms. The van der Waals surface area contributed by atoms with Crippen LogP contribution in [-0.4, -0.2) is 4.98 Å². The second-order valence-corrected chi connectivity index (χ2v) is 4.83. The first-order chi connectivity index (χ1) is 5.45. The Bertz CT molecular complexity index is 319. The van der Waals surface area contributed by atoms with Crippen molar-refractivity contribution in [1.29, 1.82) is 0 Å². The molecule has 1 aromatic rings. The second-order valence-electron chi connectivity index (χ2n) is 3.77. The van der Waals surface area contributed by atoms with Crippen LogP contribution >= 0.6 is 11.3 Å². The van der Waals surface area contributed by atoms with Crippen molar-refractivity contribution in [1.82, 2.24) is 4.98 Å². The third-order valence-corrected chi connectivity index (χ3v) is 2.56. The maximum absolute atomic E-state index is 11.0. The Hall–Kier alpha value is -0.610. The quantitative estimate of drug-likeness (QED) is 0.692. The van der Waals surface area contributed by atoms with E-state index in [0.29, 0.717) is 6.54 Å². The predicted octanol–water partition coefficient (Wildman–Crippen LogP) is 1.19. The van der Waals surface area contributed by atoms with E-state index in [9.17, 15) is 4.79 Å². The van der Waals surface area contributed by atoms with Crippen LogP contribution in [0.25, 0.3) is 0 Å². The van der Waals surface area contributed by atoms with Crippen LogP contribution in [0.5, 0.6) is 0 Å². The largest absolute Gasteiger partial charge is 0.326 e. The van der Waals surface area contributed by atoms with Crippen molar-refractivity contribution in [3.63, 3.8) is 0 Å². The zero-order valence-corrected chi connectivity index (χ0v) is 8.42. The number of nitrogens with two attached hydrogens (primary N) is 1. The summed E-state index contributed by atoms with van der Waals surface area (Å²) in [6, 6.07) is 0. The van der Waals surface area contributed by atoms with E-state index in [1.54, 1.807) is 0 Å². The first-order valence-corrected chi connectivity index (χ1v) is 4.69. The lowest BCUT2D eigenvalue weighted by Gasteiger charge is -2.17. The van der Waals surface area contributed by atoms with Crippen LogP contribution in [0.4, 0.5) is 0 Å². The van der Waals surface area contributed by atoms with Crippen LogP contribution in [0.1, 0.15) is 31.3 Å². The van der Waals surface area contributed by atoms with Crippen molar-refractivity contribution in [2.45, 2.75) is 32.7 Å². The molecular weight excluding hydrogens is 172 g/mol. The standard InChI is InChI=1S/C8H14N2OS/c1-8(2,3)6-5(4-9)12-7(11)10-6/h4,9H2,1-3H3,(H,10,11). The zero-order chi connectivity index (χ0) is 9.35. The fraction of sp³-hybridized carbons (Fsp3) is 0.625. The zero-order valence-electron chi connectivity index (χ0n) is 7.60. The summed E-state index contributed by atoms with van der Waals surface area (Å²) in [6.45, 7) is 6.62. The van der Waals surface area contributed by atoms with Gasteiger partial charge < -0.3 is 10.7 Å². The third-order valence-electron chi connectivity index (χ3n) is 1.66. The average molecular weight is 186 g/mol. The molecule has 0 fully saturated rings. The van der Waals surface area contributed by atoms with E-state index < -0.39 is 0 Å². The third kappa shape index (κ3) is 1.76. The van der Waals surface area contributed by atoms with E-state index >= 15 is 0 Å². The molecule has 0 unspecified atom stereocenters.